The minimum absolute atomic E-state index is 0.0167. The number of Topliss-reactive ketones (excluding diaryl/α,β-unsaturated/α-hetero) is 1. The molecule has 0 fully saturated rings. The normalized spacial score (nSPS) is 15.8. The first-order valence-corrected chi connectivity index (χ1v) is 11.5. The highest BCUT2D eigenvalue weighted by Gasteiger charge is 2.44. The second-order valence-corrected chi connectivity index (χ2v) is 8.49. The van der Waals surface area contributed by atoms with E-state index in [1.807, 2.05) is 43.3 Å². The Kier molecular flexibility index (Phi) is 6.12. The van der Waals surface area contributed by atoms with E-state index >= 15 is 0 Å². The van der Waals surface area contributed by atoms with Crippen LogP contribution in [0.15, 0.2) is 91.3 Å². The molecule has 4 aromatic rings. The van der Waals surface area contributed by atoms with E-state index in [1.165, 1.54) is 13.2 Å². The average molecular weight is 478 g/mol. The maximum absolute atomic E-state index is 14.1. The Morgan fingerprint density at radius 1 is 0.972 bits per heavy atom. The highest BCUT2D eigenvalue weighted by Crippen LogP contribution is 2.44. The number of fused-ring (bicyclic) bond motifs is 1. The molecule has 178 valence electrons. The van der Waals surface area contributed by atoms with Crippen molar-refractivity contribution in [2.45, 2.75) is 18.9 Å². The van der Waals surface area contributed by atoms with Crippen molar-refractivity contribution in [2.75, 3.05) is 12.0 Å². The number of nitrogens with zero attached hydrogens (tertiary/aromatic N) is 3. The Morgan fingerprint density at radius 3 is 2.31 bits per heavy atom. The van der Waals surface area contributed by atoms with Crippen molar-refractivity contribution >= 4 is 23.3 Å². The van der Waals surface area contributed by atoms with E-state index in [2.05, 4.69) is 9.97 Å². The number of carbonyl (C=O) groups is 3. The van der Waals surface area contributed by atoms with Crippen molar-refractivity contribution in [3.63, 3.8) is 0 Å². The molecular weight excluding hydrogens is 454 g/mol. The zero-order valence-corrected chi connectivity index (χ0v) is 19.8. The molecule has 0 spiro atoms. The number of hydrogen-bond acceptors (Lipinski definition) is 6. The number of amides is 1. The van der Waals surface area contributed by atoms with Gasteiger partial charge in [0.05, 0.1) is 24.5 Å². The Hall–Kier alpha value is -4.65. The van der Waals surface area contributed by atoms with Gasteiger partial charge in [0.15, 0.2) is 5.78 Å². The summed E-state index contributed by atoms with van der Waals surface area (Å²) in [6, 6.07) is 23.1. The van der Waals surface area contributed by atoms with Gasteiger partial charge in [-0.05, 0) is 36.2 Å². The zero-order chi connectivity index (χ0) is 25.2. The smallest absolute Gasteiger partial charge is 0.356 e. The summed E-state index contributed by atoms with van der Waals surface area (Å²) in [6.07, 6.45) is 3.21. The molecule has 3 heterocycles. The number of ketones is 1. The second-order valence-electron chi connectivity index (χ2n) is 8.49. The van der Waals surface area contributed by atoms with Gasteiger partial charge in [0.1, 0.15) is 11.6 Å². The van der Waals surface area contributed by atoms with Gasteiger partial charge in [0, 0.05) is 23.5 Å². The minimum atomic E-state index is -1.06. The maximum Gasteiger partial charge on any atom is 0.356 e. The van der Waals surface area contributed by atoms with Crippen LogP contribution in [-0.4, -0.2) is 34.7 Å². The lowest BCUT2D eigenvalue weighted by atomic mass is 9.83. The van der Waals surface area contributed by atoms with Crippen molar-refractivity contribution in [2.24, 2.45) is 0 Å². The van der Waals surface area contributed by atoms with Crippen LogP contribution in [0.2, 0.25) is 0 Å². The predicted octanol–water partition coefficient (Wildman–Crippen LogP) is 5.00. The molecule has 5 rings (SSSR count). The lowest BCUT2D eigenvalue weighted by Crippen LogP contribution is -2.45. The Bertz CT molecular complexity index is 1440. The molecule has 2 unspecified atom stereocenters. The third-order valence-electron chi connectivity index (χ3n) is 6.38. The minimum Gasteiger partial charge on any atom is -0.464 e. The van der Waals surface area contributed by atoms with Gasteiger partial charge in [-0.3, -0.25) is 14.6 Å². The summed E-state index contributed by atoms with van der Waals surface area (Å²) in [5.41, 5.74) is 2.95. The number of carbonyl (C=O) groups excluding carboxylic acids is 3. The monoisotopic (exact) mass is 477 g/mol. The second kappa shape index (κ2) is 9.54. The average Bonchev–Trinajstić information content (AvgIpc) is 2.93. The number of esters is 1. The van der Waals surface area contributed by atoms with Gasteiger partial charge >= 0.3 is 5.97 Å². The molecule has 2 atom stereocenters. The molecule has 7 heteroatoms. The van der Waals surface area contributed by atoms with E-state index in [9.17, 15) is 14.4 Å². The molecular formula is C29H23N3O4. The molecule has 0 bridgehead atoms. The number of ether oxygens (including phenoxy) is 1. The van der Waals surface area contributed by atoms with Gasteiger partial charge in [0.25, 0.3) is 0 Å². The number of rotatable bonds is 5. The fourth-order valence-electron chi connectivity index (χ4n) is 4.60. The molecule has 1 aliphatic rings. The predicted molar refractivity (Wildman–Crippen MR) is 135 cm³/mol. The van der Waals surface area contributed by atoms with E-state index in [1.54, 1.807) is 53.7 Å². The van der Waals surface area contributed by atoms with Crippen LogP contribution < -0.4 is 4.90 Å². The van der Waals surface area contributed by atoms with E-state index in [0.29, 0.717) is 22.5 Å². The molecule has 2 aromatic heterocycles. The van der Waals surface area contributed by atoms with E-state index < -0.39 is 23.7 Å². The Morgan fingerprint density at radius 2 is 1.67 bits per heavy atom. The molecule has 0 aliphatic carbocycles. The molecule has 1 amide bonds. The largest absolute Gasteiger partial charge is 0.464 e. The molecule has 0 radical (unpaired) electrons. The van der Waals surface area contributed by atoms with Gasteiger partial charge < -0.3 is 9.64 Å². The number of methoxy groups -OCH3 is 1. The summed E-state index contributed by atoms with van der Waals surface area (Å²) in [4.78, 5) is 51.0. The summed E-state index contributed by atoms with van der Waals surface area (Å²) < 4.78 is 4.92. The summed E-state index contributed by atoms with van der Waals surface area (Å²) in [5, 5.41) is 0. The third kappa shape index (κ3) is 3.94. The van der Waals surface area contributed by atoms with Crippen LogP contribution in [0.5, 0.6) is 0 Å². The van der Waals surface area contributed by atoms with Crippen LogP contribution in [0.3, 0.4) is 0 Å². The first-order chi connectivity index (χ1) is 17.5. The van der Waals surface area contributed by atoms with Crippen LogP contribution >= 0.6 is 0 Å². The molecule has 2 aromatic carbocycles. The van der Waals surface area contributed by atoms with Gasteiger partial charge in [-0.2, -0.15) is 0 Å². The van der Waals surface area contributed by atoms with Crippen LogP contribution in [-0.2, 0) is 9.53 Å². The van der Waals surface area contributed by atoms with Gasteiger partial charge in [-0.1, -0.05) is 60.7 Å². The maximum atomic E-state index is 14.1. The quantitative estimate of drug-likeness (QED) is 0.297. The van der Waals surface area contributed by atoms with Crippen molar-refractivity contribution in [1.29, 1.82) is 0 Å². The third-order valence-corrected chi connectivity index (χ3v) is 6.38. The molecule has 0 N–H and O–H groups in total. The van der Waals surface area contributed by atoms with Crippen molar-refractivity contribution in [3.05, 3.63) is 114 Å². The van der Waals surface area contributed by atoms with Crippen molar-refractivity contribution < 1.29 is 19.1 Å². The van der Waals surface area contributed by atoms with Crippen LogP contribution in [0, 0.1) is 0 Å². The van der Waals surface area contributed by atoms with Gasteiger partial charge in [0.2, 0.25) is 5.91 Å². The van der Waals surface area contributed by atoms with E-state index in [4.69, 9.17) is 4.74 Å². The highest BCUT2D eigenvalue weighted by atomic mass is 16.5. The van der Waals surface area contributed by atoms with E-state index in [0.717, 1.165) is 5.56 Å². The first kappa shape index (κ1) is 23.1. The van der Waals surface area contributed by atoms with Crippen LogP contribution in [0.4, 0.5) is 5.69 Å². The number of anilines is 1. The standard InChI is InChI=1S/C29H23N3O4/c1-18(19-10-5-3-6-11-19)32-26-22(27(33)24(28(32)34)20-12-7-4-8-13-20)16-23(29(35)36-2)31-25(26)21-14-9-15-30-17-21/h3-18,24H,1-2H3. The van der Waals surface area contributed by atoms with Crippen molar-refractivity contribution in [3.8, 4) is 11.3 Å². The molecule has 36 heavy (non-hydrogen) atoms. The molecule has 1 aliphatic heterocycles. The first-order valence-electron chi connectivity index (χ1n) is 11.5. The highest BCUT2D eigenvalue weighted by molar-refractivity contribution is 6.27. The molecule has 0 saturated heterocycles. The van der Waals surface area contributed by atoms with Crippen molar-refractivity contribution in [1.82, 2.24) is 9.97 Å². The summed E-state index contributed by atoms with van der Waals surface area (Å²) in [6.45, 7) is 1.91. The lowest BCUT2D eigenvalue weighted by Gasteiger charge is -2.38. The zero-order valence-electron chi connectivity index (χ0n) is 19.8. The lowest BCUT2D eigenvalue weighted by molar-refractivity contribution is -0.119. The Balaban J connectivity index is 1.82. The summed E-state index contributed by atoms with van der Waals surface area (Å²) in [5.74, 6) is -2.48. The van der Waals surface area contributed by atoms with E-state index in [-0.39, 0.29) is 17.2 Å². The number of benzene rings is 2. The number of pyridine rings is 2. The van der Waals surface area contributed by atoms with Gasteiger partial charge in [-0.25, -0.2) is 9.78 Å². The van der Waals surface area contributed by atoms with Crippen LogP contribution in [0.25, 0.3) is 11.3 Å². The Labute approximate surface area is 208 Å². The topological polar surface area (TPSA) is 89.5 Å². The summed E-state index contributed by atoms with van der Waals surface area (Å²) >= 11 is 0. The SMILES string of the molecule is COC(=O)c1cc2c(c(-c3cccnc3)n1)N(C(C)c1ccccc1)C(=O)C(c1ccccc1)C2=O. The number of aromatic nitrogens is 2. The summed E-state index contributed by atoms with van der Waals surface area (Å²) in [7, 11) is 1.26. The van der Waals surface area contributed by atoms with Gasteiger partial charge in [-0.15, -0.1) is 0 Å². The van der Waals surface area contributed by atoms with Crippen LogP contribution in [0.1, 0.15) is 50.9 Å². The fraction of sp³-hybridized carbons (Fsp3) is 0.138. The number of hydrogen-bond donors (Lipinski definition) is 0. The molecule has 0 saturated carbocycles. The fourth-order valence-corrected chi connectivity index (χ4v) is 4.60. The molecule has 7 nitrogen and oxygen atoms in total.